The Morgan fingerprint density at radius 2 is 1.70 bits per heavy atom. The van der Waals surface area contributed by atoms with Gasteiger partial charge in [0, 0.05) is 11.1 Å². The number of benzene rings is 2. The maximum Gasteiger partial charge on any atom is 0.373 e. The molecule has 0 aliphatic rings. The van der Waals surface area contributed by atoms with Crippen molar-refractivity contribution in [2.75, 3.05) is 0 Å². The quantitative estimate of drug-likeness (QED) is 0.450. The summed E-state index contributed by atoms with van der Waals surface area (Å²) in [6, 6.07) is 10.1. The lowest BCUT2D eigenvalue weighted by atomic mass is 10.1. The van der Waals surface area contributed by atoms with Gasteiger partial charge in [-0.2, -0.15) is 9.59 Å². The second-order valence-electron chi connectivity index (χ2n) is 6.16. The molecule has 0 saturated carbocycles. The molecule has 0 radical (unpaired) electrons. The molecule has 2 aromatic carbocycles. The third-order valence-corrected chi connectivity index (χ3v) is 4.68. The number of hydrogen-bond donors (Lipinski definition) is 0. The molecule has 4 rings (SSSR count). The maximum absolute atomic E-state index is 14.1. The summed E-state index contributed by atoms with van der Waals surface area (Å²) in [4.78, 5) is 20.7. The number of pyridine rings is 1. The Morgan fingerprint density at radius 3 is 2.40 bits per heavy atom. The van der Waals surface area contributed by atoms with Gasteiger partial charge in [-0.15, -0.1) is 5.10 Å². The smallest absolute Gasteiger partial charge is 0.227 e. The largest absolute Gasteiger partial charge is 0.373 e. The Balaban J connectivity index is 0.000000806. The van der Waals surface area contributed by atoms with E-state index in [1.807, 2.05) is 0 Å². The van der Waals surface area contributed by atoms with Gasteiger partial charge in [-0.25, -0.2) is 22.8 Å². The van der Waals surface area contributed by atoms with Gasteiger partial charge in [0.1, 0.15) is 23.0 Å². The normalized spacial score (nSPS) is 10.4. The Kier molecular flexibility index (Phi) is 6.25. The molecule has 2 heterocycles. The highest BCUT2D eigenvalue weighted by atomic mass is 35.5. The third kappa shape index (κ3) is 4.22. The molecule has 10 heteroatoms. The number of aryl methyl sites for hydroxylation is 1. The first-order chi connectivity index (χ1) is 14.3. The van der Waals surface area contributed by atoms with E-state index in [0.717, 1.165) is 12.1 Å². The van der Waals surface area contributed by atoms with Crippen LogP contribution in [0.4, 0.5) is 13.2 Å². The summed E-state index contributed by atoms with van der Waals surface area (Å²) in [5.74, 6) is -1.71. The van der Waals surface area contributed by atoms with Crippen molar-refractivity contribution < 1.29 is 22.8 Å². The summed E-state index contributed by atoms with van der Waals surface area (Å²) in [5, 5.41) is 7.62. The van der Waals surface area contributed by atoms with Crippen LogP contribution < -0.4 is 0 Å². The molecule has 152 valence electrons. The molecule has 0 amide bonds. The third-order valence-electron chi connectivity index (χ3n) is 4.27. The van der Waals surface area contributed by atoms with Crippen LogP contribution in [-0.4, -0.2) is 26.1 Å². The average molecular weight is 433 g/mol. The van der Waals surface area contributed by atoms with Crippen LogP contribution in [0.1, 0.15) is 11.1 Å². The fourth-order valence-corrected chi connectivity index (χ4v) is 2.95. The molecule has 0 fully saturated rings. The molecule has 6 nitrogen and oxygen atoms in total. The molecule has 4 aromatic rings. The minimum absolute atomic E-state index is 0.0444. The zero-order valence-electron chi connectivity index (χ0n) is 15.4. The Labute approximate surface area is 172 Å². The fraction of sp³-hybridized carbons (Fsp3) is 0.100. The van der Waals surface area contributed by atoms with Crippen molar-refractivity contribution in [2.45, 2.75) is 13.5 Å². The fourth-order valence-electron chi connectivity index (χ4n) is 2.74. The van der Waals surface area contributed by atoms with Crippen molar-refractivity contribution in [2.24, 2.45) is 0 Å². The highest BCUT2D eigenvalue weighted by Gasteiger charge is 2.16. The van der Waals surface area contributed by atoms with Crippen molar-refractivity contribution in [3.8, 4) is 11.3 Å². The Hall–Kier alpha value is -3.55. The van der Waals surface area contributed by atoms with Crippen molar-refractivity contribution in [3.05, 3.63) is 76.1 Å². The van der Waals surface area contributed by atoms with Gasteiger partial charge in [-0.05, 0) is 42.8 Å². The van der Waals surface area contributed by atoms with Crippen molar-refractivity contribution >= 4 is 28.9 Å². The summed E-state index contributed by atoms with van der Waals surface area (Å²) in [6.45, 7) is 1.53. The predicted octanol–water partition coefficient (Wildman–Crippen LogP) is 4.34. The SMILES string of the molecule is Cc1ccc(-c2ccc3nnn(Cc4c(F)ccc(F)c4Cl)c3n2)cc1F.O=C=O. The molecule has 0 aliphatic heterocycles. The van der Waals surface area contributed by atoms with Crippen LogP contribution in [0.5, 0.6) is 0 Å². The van der Waals surface area contributed by atoms with E-state index in [4.69, 9.17) is 21.2 Å². The van der Waals surface area contributed by atoms with Crippen LogP contribution in [-0.2, 0) is 16.1 Å². The Morgan fingerprint density at radius 1 is 1.00 bits per heavy atom. The van der Waals surface area contributed by atoms with Gasteiger partial charge >= 0.3 is 6.15 Å². The zero-order chi connectivity index (χ0) is 21.8. The topological polar surface area (TPSA) is 77.7 Å². The lowest BCUT2D eigenvalue weighted by Gasteiger charge is -2.08. The van der Waals surface area contributed by atoms with Crippen LogP contribution in [0.25, 0.3) is 22.4 Å². The van der Waals surface area contributed by atoms with E-state index in [-0.39, 0.29) is 29.1 Å². The molecular formula is C20H12ClF3N4O2. The molecule has 2 aromatic heterocycles. The summed E-state index contributed by atoms with van der Waals surface area (Å²) >= 11 is 5.89. The second kappa shape index (κ2) is 8.86. The average Bonchev–Trinajstić information content (AvgIpc) is 3.13. The molecule has 30 heavy (non-hydrogen) atoms. The molecule has 0 N–H and O–H groups in total. The first-order valence-electron chi connectivity index (χ1n) is 8.44. The minimum Gasteiger partial charge on any atom is -0.227 e. The van der Waals surface area contributed by atoms with Gasteiger partial charge in [0.25, 0.3) is 0 Å². The molecule has 0 unspecified atom stereocenters. The molecule has 0 spiro atoms. The lowest BCUT2D eigenvalue weighted by molar-refractivity contribution is -0.191. The van der Waals surface area contributed by atoms with E-state index >= 15 is 0 Å². The molecule has 0 atom stereocenters. The number of aromatic nitrogens is 4. The van der Waals surface area contributed by atoms with E-state index < -0.39 is 11.6 Å². The number of rotatable bonds is 3. The molecular weight excluding hydrogens is 421 g/mol. The first-order valence-corrected chi connectivity index (χ1v) is 8.82. The first kappa shape index (κ1) is 21.2. The predicted molar refractivity (Wildman–Crippen MR) is 101 cm³/mol. The highest BCUT2D eigenvalue weighted by Crippen LogP contribution is 2.26. The van der Waals surface area contributed by atoms with E-state index in [1.54, 1.807) is 31.2 Å². The summed E-state index contributed by atoms with van der Waals surface area (Å²) in [7, 11) is 0. The van der Waals surface area contributed by atoms with Crippen LogP contribution >= 0.6 is 11.6 Å². The van der Waals surface area contributed by atoms with Crippen LogP contribution in [0.2, 0.25) is 5.02 Å². The van der Waals surface area contributed by atoms with E-state index in [0.29, 0.717) is 28.0 Å². The maximum atomic E-state index is 14.1. The monoisotopic (exact) mass is 432 g/mol. The number of carbonyl (C=O) groups excluding carboxylic acids is 2. The van der Waals surface area contributed by atoms with Crippen molar-refractivity contribution in [1.29, 1.82) is 0 Å². The van der Waals surface area contributed by atoms with Gasteiger partial charge in [-0.3, -0.25) is 0 Å². The molecule has 0 saturated heterocycles. The van der Waals surface area contributed by atoms with Crippen molar-refractivity contribution in [3.63, 3.8) is 0 Å². The van der Waals surface area contributed by atoms with Crippen molar-refractivity contribution in [1.82, 2.24) is 20.0 Å². The van der Waals surface area contributed by atoms with E-state index in [2.05, 4.69) is 15.3 Å². The summed E-state index contributed by atoms with van der Waals surface area (Å²) in [5.41, 5.74) is 2.41. The lowest BCUT2D eigenvalue weighted by Crippen LogP contribution is -2.06. The highest BCUT2D eigenvalue weighted by molar-refractivity contribution is 6.31. The van der Waals surface area contributed by atoms with Crippen LogP contribution in [0.3, 0.4) is 0 Å². The van der Waals surface area contributed by atoms with E-state index in [1.165, 1.54) is 10.7 Å². The number of nitrogens with zero attached hydrogens (tertiary/aromatic N) is 4. The van der Waals surface area contributed by atoms with Crippen LogP contribution in [0.15, 0.2) is 42.5 Å². The minimum atomic E-state index is -0.721. The Bertz CT molecular complexity index is 1270. The van der Waals surface area contributed by atoms with E-state index in [9.17, 15) is 13.2 Å². The second-order valence-corrected chi connectivity index (χ2v) is 6.53. The number of hydrogen-bond acceptors (Lipinski definition) is 5. The molecule has 0 aliphatic carbocycles. The number of fused-ring (bicyclic) bond motifs is 1. The van der Waals surface area contributed by atoms with Crippen LogP contribution in [0, 0.1) is 24.4 Å². The zero-order valence-corrected chi connectivity index (χ0v) is 16.1. The van der Waals surface area contributed by atoms with Gasteiger partial charge in [0.15, 0.2) is 5.65 Å². The summed E-state index contributed by atoms with van der Waals surface area (Å²) < 4.78 is 42.9. The van der Waals surface area contributed by atoms with Gasteiger partial charge in [0.05, 0.1) is 17.3 Å². The van der Waals surface area contributed by atoms with Gasteiger partial charge in [0.2, 0.25) is 0 Å². The number of halogens is 4. The summed E-state index contributed by atoms with van der Waals surface area (Å²) in [6.07, 6.45) is 0.250. The van der Waals surface area contributed by atoms with Gasteiger partial charge < -0.3 is 0 Å². The molecule has 0 bridgehead atoms. The standard InChI is InChI=1S/C19H12ClF3N4.CO2/c1-10-2-3-11(8-15(10)23)16-6-7-17-19(24-16)27(26-25-17)9-12-13(21)4-5-14(22)18(12)20;2-1-3/h2-8H,9H2,1H3;. The van der Waals surface area contributed by atoms with Gasteiger partial charge in [-0.1, -0.05) is 28.9 Å².